The van der Waals surface area contributed by atoms with Crippen LogP contribution in [0.3, 0.4) is 0 Å². The maximum Gasteiger partial charge on any atom is 0.338 e. The van der Waals surface area contributed by atoms with Crippen LogP contribution in [-0.4, -0.2) is 66.2 Å². The van der Waals surface area contributed by atoms with E-state index in [1.807, 2.05) is 13.0 Å². The molecule has 3 heterocycles. The molecule has 53 heavy (non-hydrogen) atoms. The summed E-state index contributed by atoms with van der Waals surface area (Å²) in [4.78, 5) is 94.7. The van der Waals surface area contributed by atoms with Crippen LogP contribution in [0.5, 0.6) is 0 Å². The molecule has 0 saturated heterocycles. The summed E-state index contributed by atoms with van der Waals surface area (Å²) in [5.74, 6) is -5.57. The number of anilines is 2. The third-order valence-corrected chi connectivity index (χ3v) is 10.0. The van der Waals surface area contributed by atoms with E-state index >= 15 is 0 Å². The molecule has 2 N–H and O–H groups in total. The number of hydrogen-bond acceptors (Lipinski definition) is 10. The molecule has 1 aliphatic heterocycles. The zero-order chi connectivity index (χ0) is 37.8. The van der Waals surface area contributed by atoms with Crippen molar-refractivity contribution in [3.63, 3.8) is 0 Å². The van der Waals surface area contributed by atoms with E-state index in [4.69, 9.17) is 23.2 Å². The minimum atomic E-state index is -1.29. The number of fused-ring (bicyclic) bond motifs is 2. The molecule has 5 aromatic carbocycles. The van der Waals surface area contributed by atoms with Gasteiger partial charge < -0.3 is 10.2 Å². The second kappa shape index (κ2) is 11.7. The summed E-state index contributed by atoms with van der Waals surface area (Å²) < 4.78 is 0. The smallest absolute Gasteiger partial charge is 0.338 e. The number of carboxylic acid groups (broad SMARTS) is 2. The summed E-state index contributed by atoms with van der Waals surface area (Å²) >= 11 is 14.2. The average molecular weight is 748 g/mol. The van der Waals surface area contributed by atoms with Gasteiger partial charge in [-0.15, -0.1) is 0 Å². The van der Waals surface area contributed by atoms with Gasteiger partial charge in [0.05, 0.1) is 22.3 Å². The highest BCUT2D eigenvalue weighted by Gasteiger charge is 2.39. The highest BCUT2D eigenvalue weighted by Crippen LogP contribution is 2.51. The number of benzene rings is 5. The first-order valence-electron chi connectivity index (χ1n) is 15.6. The Labute approximate surface area is 306 Å². The van der Waals surface area contributed by atoms with Gasteiger partial charge in [-0.1, -0.05) is 29.3 Å². The van der Waals surface area contributed by atoms with E-state index in [2.05, 4.69) is 19.9 Å². The zero-order valence-electron chi connectivity index (χ0n) is 27.5. The van der Waals surface area contributed by atoms with Gasteiger partial charge >= 0.3 is 11.9 Å². The van der Waals surface area contributed by atoms with Crippen molar-refractivity contribution < 1.29 is 39.0 Å². The van der Waals surface area contributed by atoms with E-state index in [9.17, 15) is 39.0 Å². The number of hydrogen-bond donors (Lipinski definition) is 2. The lowest BCUT2D eigenvalue weighted by molar-refractivity contribution is -0.107. The number of aromatic carboxylic acids is 2. The number of carbonyl (C=O) groups excluding carboxylic acids is 4. The number of halogens is 2. The van der Waals surface area contributed by atoms with E-state index in [0.29, 0.717) is 59.1 Å². The van der Waals surface area contributed by atoms with Crippen molar-refractivity contribution in [1.29, 1.82) is 0 Å². The van der Waals surface area contributed by atoms with E-state index in [-0.39, 0.29) is 56.2 Å². The SMILES string of the molecule is Cc1cc(C)c2c3c(C)cc4c5c(cc(Cl)c(c6c(Cl)cc(C(=O)N(C=O)c7ncc(C(=O)O)cn7)c1c26)c53)C(=O)N(c1ncc(C(=O)O)cn1)C4=O. The number of amides is 4. The van der Waals surface area contributed by atoms with Crippen molar-refractivity contribution in [2.24, 2.45) is 0 Å². The van der Waals surface area contributed by atoms with Gasteiger partial charge in [0, 0.05) is 67.3 Å². The minimum Gasteiger partial charge on any atom is -0.478 e. The maximum atomic E-state index is 14.2. The number of carboxylic acids is 2. The van der Waals surface area contributed by atoms with Crippen LogP contribution in [0, 0.1) is 20.8 Å². The van der Waals surface area contributed by atoms with Crippen LogP contribution in [0.25, 0.3) is 43.1 Å². The first-order valence-corrected chi connectivity index (χ1v) is 16.4. The molecule has 8 rings (SSSR count). The topological polar surface area (TPSA) is 201 Å². The molecule has 260 valence electrons. The summed E-state index contributed by atoms with van der Waals surface area (Å²) in [5, 5.41) is 22.7. The number of aryl methyl sites for hydroxylation is 3. The van der Waals surface area contributed by atoms with Gasteiger partial charge in [-0.25, -0.2) is 39.3 Å². The van der Waals surface area contributed by atoms with Crippen molar-refractivity contribution >= 4 is 114 Å². The van der Waals surface area contributed by atoms with Crippen LogP contribution in [0.15, 0.2) is 49.1 Å². The van der Waals surface area contributed by atoms with E-state index in [1.54, 1.807) is 19.9 Å². The molecule has 2 aromatic heterocycles. The molecule has 16 heteroatoms. The largest absolute Gasteiger partial charge is 0.478 e. The molecule has 0 spiro atoms. The third-order valence-electron chi connectivity index (χ3n) is 9.41. The molecule has 0 fully saturated rings. The van der Waals surface area contributed by atoms with Crippen molar-refractivity contribution in [2.45, 2.75) is 20.8 Å². The molecule has 14 nitrogen and oxygen atoms in total. The standard InChI is InChI=1S/C37H20Cl2N6O8/c1-13-4-14(2)24-25-15(3)5-18-26-20(33(49)45(32(18)48)37-42-10-17(11-43-37)35(52)53)7-22(39)28(30(25)26)27-21(38)6-19(23(13)29(24)27)31(47)44(12-46)36-40-8-16(9-41-36)34(50)51/h4-12H,1-3H3,(H,50,51)(H,52,53). The van der Waals surface area contributed by atoms with Gasteiger partial charge in [0.1, 0.15) is 0 Å². The number of nitrogens with zero attached hydrogens (tertiary/aromatic N) is 6. The normalized spacial score (nSPS) is 12.7. The zero-order valence-corrected chi connectivity index (χ0v) is 29.0. The molecule has 0 aliphatic carbocycles. The van der Waals surface area contributed by atoms with Crippen molar-refractivity contribution in [2.75, 3.05) is 9.80 Å². The van der Waals surface area contributed by atoms with Gasteiger partial charge in [0.25, 0.3) is 17.7 Å². The Morgan fingerprint density at radius 3 is 1.66 bits per heavy atom. The Kier molecular flexibility index (Phi) is 7.39. The van der Waals surface area contributed by atoms with Gasteiger partial charge in [-0.2, -0.15) is 0 Å². The number of rotatable bonds is 6. The Morgan fingerprint density at radius 2 is 1.11 bits per heavy atom. The summed E-state index contributed by atoms with van der Waals surface area (Å²) in [5.41, 5.74) is 1.86. The minimum absolute atomic E-state index is 0.0308. The predicted octanol–water partition coefficient (Wildman–Crippen LogP) is 6.55. The monoisotopic (exact) mass is 746 g/mol. The summed E-state index contributed by atoms with van der Waals surface area (Å²) in [6.45, 7) is 5.47. The first-order chi connectivity index (χ1) is 25.2. The molecule has 1 aliphatic rings. The second-order valence-corrected chi connectivity index (χ2v) is 13.3. The van der Waals surface area contributed by atoms with Crippen LogP contribution in [0.1, 0.15) is 68.5 Å². The Balaban J connectivity index is 1.43. The molecule has 0 atom stereocenters. The fourth-order valence-corrected chi connectivity index (χ4v) is 7.88. The lowest BCUT2D eigenvalue weighted by Gasteiger charge is -2.29. The Morgan fingerprint density at radius 1 is 0.642 bits per heavy atom. The molecule has 0 bridgehead atoms. The summed E-state index contributed by atoms with van der Waals surface area (Å²) in [6, 6.07) is 6.34. The van der Waals surface area contributed by atoms with Crippen molar-refractivity contribution in [1.82, 2.24) is 19.9 Å². The van der Waals surface area contributed by atoms with Gasteiger partial charge in [-0.3, -0.25) is 19.2 Å². The highest BCUT2D eigenvalue weighted by atomic mass is 35.5. The van der Waals surface area contributed by atoms with Gasteiger partial charge in [0.2, 0.25) is 18.3 Å². The first kappa shape index (κ1) is 33.5. The van der Waals surface area contributed by atoms with Crippen LogP contribution in [0.2, 0.25) is 10.0 Å². The van der Waals surface area contributed by atoms with Gasteiger partial charge in [0.15, 0.2) is 0 Å². The fourth-order valence-electron chi connectivity index (χ4n) is 7.29. The van der Waals surface area contributed by atoms with E-state index < -0.39 is 29.7 Å². The molecule has 0 radical (unpaired) electrons. The number of aromatic nitrogens is 4. The summed E-state index contributed by atoms with van der Waals surface area (Å²) in [6.07, 6.45) is 4.18. The maximum absolute atomic E-state index is 14.2. The Bertz CT molecular complexity index is 2800. The lowest BCUT2D eigenvalue weighted by atomic mass is 9.80. The fraction of sp³-hybridized carbons (Fsp3) is 0.0811. The average Bonchev–Trinajstić information content (AvgIpc) is 3.12. The lowest BCUT2D eigenvalue weighted by Crippen LogP contribution is -2.41. The van der Waals surface area contributed by atoms with Crippen LogP contribution >= 0.6 is 23.2 Å². The predicted molar refractivity (Wildman–Crippen MR) is 194 cm³/mol. The van der Waals surface area contributed by atoms with E-state index in [1.165, 1.54) is 12.1 Å². The highest BCUT2D eigenvalue weighted by molar-refractivity contribution is 6.52. The molecule has 0 saturated carbocycles. The summed E-state index contributed by atoms with van der Waals surface area (Å²) in [7, 11) is 0. The number of carbonyl (C=O) groups is 6. The van der Waals surface area contributed by atoms with Crippen LogP contribution in [0.4, 0.5) is 11.9 Å². The van der Waals surface area contributed by atoms with Crippen LogP contribution < -0.4 is 9.80 Å². The van der Waals surface area contributed by atoms with E-state index in [0.717, 1.165) is 35.3 Å². The molecular weight excluding hydrogens is 727 g/mol. The molecule has 4 amide bonds. The van der Waals surface area contributed by atoms with Crippen LogP contribution in [-0.2, 0) is 4.79 Å². The number of imide groups is 2. The molecule has 7 aromatic rings. The Hall–Kier alpha value is -6.64. The second-order valence-electron chi connectivity index (χ2n) is 12.4. The van der Waals surface area contributed by atoms with Gasteiger partial charge in [-0.05, 0) is 71.8 Å². The van der Waals surface area contributed by atoms with Crippen molar-refractivity contribution in [3.05, 3.63) is 104 Å². The molecular formula is C37H20Cl2N6O8. The van der Waals surface area contributed by atoms with Crippen molar-refractivity contribution in [3.8, 4) is 0 Å². The quantitative estimate of drug-likeness (QED) is 0.0806. The third kappa shape index (κ3) is 4.65. The molecule has 0 unspecified atom stereocenters.